The second kappa shape index (κ2) is 12.5. The van der Waals surface area contributed by atoms with Crippen molar-refractivity contribution in [1.82, 2.24) is 4.90 Å². The maximum Gasteiger partial charge on any atom is 0.133 e. The summed E-state index contributed by atoms with van der Waals surface area (Å²) in [6.07, 6.45) is 4.69. The minimum absolute atomic E-state index is 0.161. The highest BCUT2D eigenvalue weighted by Crippen LogP contribution is 2.54. The molecule has 0 spiro atoms. The number of fused-ring (bicyclic) bond motifs is 6. The van der Waals surface area contributed by atoms with Crippen LogP contribution in [0.25, 0.3) is 16.8 Å². The van der Waals surface area contributed by atoms with Gasteiger partial charge in [-0.05, 0) is 90.0 Å². The van der Waals surface area contributed by atoms with Crippen molar-refractivity contribution >= 4 is 11.4 Å². The molecule has 0 saturated carbocycles. The second-order valence-electron chi connectivity index (χ2n) is 13.8. The summed E-state index contributed by atoms with van der Waals surface area (Å²) in [5, 5.41) is 0. The first-order valence-electron chi connectivity index (χ1n) is 15.8. The monoisotopic (exact) mass is 552 g/mol. The molecule has 0 saturated heterocycles. The van der Waals surface area contributed by atoms with Gasteiger partial charge < -0.3 is 9.80 Å². The van der Waals surface area contributed by atoms with Gasteiger partial charge in [-0.1, -0.05) is 106 Å². The topological polar surface area (TPSA) is 6.48 Å². The number of benzene rings is 3. The van der Waals surface area contributed by atoms with Gasteiger partial charge in [-0.2, -0.15) is 0 Å². The minimum atomic E-state index is 0.161. The number of nitrogens with zero attached hydrogens (tertiary/aromatic N) is 2. The smallest absolute Gasteiger partial charge is 0.133 e. The third-order valence-electron chi connectivity index (χ3n) is 7.84. The predicted octanol–water partition coefficient (Wildman–Crippen LogP) is 11.3. The highest BCUT2D eigenvalue weighted by atomic mass is 15.4. The molecule has 5 rings (SSSR count). The number of aryl methyl sites for hydroxylation is 3. The first-order chi connectivity index (χ1) is 19.2. The Bertz CT molecular complexity index is 1370. The van der Waals surface area contributed by atoms with Crippen molar-refractivity contribution in [2.24, 2.45) is 10.8 Å². The molecule has 2 heterocycles. The molecule has 41 heavy (non-hydrogen) atoms. The van der Waals surface area contributed by atoms with Gasteiger partial charge in [0.2, 0.25) is 0 Å². The molecule has 0 radical (unpaired) electrons. The van der Waals surface area contributed by atoms with Crippen LogP contribution in [0.2, 0.25) is 0 Å². The van der Waals surface area contributed by atoms with Gasteiger partial charge in [0.1, 0.15) is 6.17 Å². The van der Waals surface area contributed by atoms with E-state index < -0.39 is 0 Å². The maximum absolute atomic E-state index is 2.63. The van der Waals surface area contributed by atoms with E-state index in [1.807, 2.05) is 27.7 Å². The molecule has 2 aliphatic heterocycles. The summed E-state index contributed by atoms with van der Waals surface area (Å²) >= 11 is 0. The molecule has 1 unspecified atom stereocenters. The zero-order chi connectivity index (χ0) is 30.9. The fraction of sp³-hybridized carbons (Fsp3) is 0.487. The van der Waals surface area contributed by atoms with E-state index in [0.29, 0.717) is 0 Å². The van der Waals surface area contributed by atoms with Crippen molar-refractivity contribution in [3.63, 3.8) is 0 Å². The molecule has 222 valence electrons. The summed E-state index contributed by atoms with van der Waals surface area (Å²) in [4.78, 5) is 5.05. The van der Waals surface area contributed by atoms with Gasteiger partial charge in [0.25, 0.3) is 0 Å². The van der Waals surface area contributed by atoms with E-state index in [0.717, 1.165) is 12.8 Å². The molecule has 0 aromatic heterocycles. The summed E-state index contributed by atoms with van der Waals surface area (Å²) < 4.78 is 0. The second-order valence-corrected chi connectivity index (χ2v) is 13.8. The summed E-state index contributed by atoms with van der Waals surface area (Å²) in [6, 6.07) is 18.6. The lowest BCUT2D eigenvalue weighted by Crippen LogP contribution is -2.34. The summed E-state index contributed by atoms with van der Waals surface area (Å²) in [5.41, 5.74) is 15.7. The fourth-order valence-electron chi connectivity index (χ4n) is 6.46. The van der Waals surface area contributed by atoms with Crippen LogP contribution in [-0.2, 0) is 12.8 Å². The molecule has 3 aromatic carbocycles. The van der Waals surface area contributed by atoms with Gasteiger partial charge in [0.15, 0.2) is 0 Å². The molecule has 2 nitrogen and oxygen atoms in total. The Balaban J connectivity index is 0.00000111. The third-order valence-corrected chi connectivity index (χ3v) is 7.84. The Morgan fingerprint density at radius 2 is 1.15 bits per heavy atom. The minimum Gasteiger partial charge on any atom is -0.354 e. The summed E-state index contributed by atoms with van der Waals surface area (Å²) in [7, 11) is 2.24. The van der Waals surface area contributed by atoms with Gasteiger partial charge in [0.05, 0.1) is 11.4 Å². The third kappa shape index (κ3) is 6.58. The fourth-order valence-corrected chi connectivity index (χ4v) is 6.46. The summed E-state index contributed by atoms with van der Waals surface area (Å²) in [6.45, 7) is 28.9. The Hall–Kier alpha value is -3.00. The Kier molecular flexibility index (Phi) is 9.89. The average Bonchev–Trinajstić information content (AvgIpc) is 3.22. The standard InChI is InChI=1S/C35H44N2.2C2H6/c1-22-13-11-14-23(2)31(22)30-21-36(10)33-32-24(3)15-12-16-27(32)28-17-25(19-34(4,5)6)26(20-35(7,8)9)18-29(28)37(30)33;2*1-2/h11-18,21,33H,19-20H2,1-10H3;2*1-2H3. The lowest BCUT2D eigenvalue weighted by molar-refractivity contribution is 0.365. The van der Waals surface area contributed by atoms with Gasteiger partial charge >= 0.3 is 0 Å². The van der Waals surface area contributed by atoms with Crippen molar-refractivity contribution < 1.29 is 0 Å². The Morgan fingerprint density at radius 1 is 0.659 bits per heavy atom. The first kappa shape index (κ1) is 32.5. The van der Waals surface area contributed by atoms with Crippen molar-refractivity contribution in [2.75, 3.05) is 11.9 Å². The number of hydrogen-bond donors (Lipinski definition) is 0. The van der Waals surface area contributed by atoms with Crippen LogP contribution in [0.5, 0.6) is 0 Å². The van der Waals surface area contributed by atoms with Crippen LogP contribution in [0.3, 0.4) is 0 Å². The summed E-state index contributed by atoms with van der Waals surface area (Å²) in [5.74, 6) is 0. The maximum atomic E-state index is 2.63. The zero-order valence-electron chi connectivity index (χ0n) is 28.6. The highest BCUT2D eigenvalue weighted by Gasteiger charge is 2.41. The van der Waals surface area contributed by atoms with Crippen LogP contribution in [0.4, 0.5) is 5.69 Å². The van der Waals surface area contributed by atoms with Crippen molar-refractivity contribution in [2.45, 2.75) is 109 Å². The Labute approximate surface area is 252 Å². The lowest BCUT2D eigenvalue weighted by atomic mass is 9.78. The number of anilines is 1. The van der Waals surface area contributed by atoms with Gasteiger partial charge in [-0.3, -0.25) is 0 Å². The first-order valence-corrected chi connectivity index (χ1v) is 15.8. The van der Waals surface area contributed by atoms with E-state index >= 15 is 0 Å². The molecule has 3 aromatic rings. The van der Waals surface area contributed by atoms with Crippen LogP contribution in [0.1, 0.15) is 114 Å². The van der Waals surface area contributed by atoms with E-state index in [1.165, 1.54) is 61.5 Å². The van der Waals surface area contributed by atoms with E-state index in [-0.39, 0.29) is 17.0 Å². The van der Waals surface area contributed by atoms with Crippen LogP contribution in [0, 0.1) is 31.6 Å². The molecule has 2 aliphatic rings. The van der Waals surface area contributed by atoms with E-state index in [9.17, 15) is 0 Å². The van der Waals surface area contributed by atoms with Gasteiger partial charge in [0, 0.05) is 29.9 Å². The zero-order valence-corrected chi connectivity index (χ0v) is 28.6. The quantitative estimate of drug-likeness (QED) is 0.319. The lowest BCUT2D eigenvalue weighted by Gasteiger charge is -2.41. The molecule has 1 atom stereocenters. The molecule has 0 aliphatic carbocycles. The van der Waals surface area contributed by atoms with Crippen LogP contribution < -0.4 is 4.90 Å². The van der Waals surface area contributed by atoms with E-state index in [4.69, 9.17) is 0 Å². The average molecular weight is 553 g/mol. The normalized spacial score (nSPS) is 15.6. The van der Waals surface area contributed by atoms with Crippen LogP contribution >= 0.6 is 0 Å². The van der Waals surface area contributed by atoms with E-state index in [2.05, 4.69) is 134 Å². The molecule has 0 bridgehead atoms. The van der Waals surface area contributed by atoms with Crippen LogP contribution in [0.15, 0.2) is 54.7 Å². The van der Waals surface area contributed by atoms with Crippen LogP contribution in [-0.4, -0.2) is 11.9 Å². The van der Waals surface area contributed by atoms with Crippen molar-refractivity contribution in [3.8, 4) is 11.1 Å². The highest BCUT2D eigenvalue weighted by molar-refractivity contribution is 5.96. The van der Waals surface area contributed by atoms with E-state index in [1.54, 1.807) is 0 Å². The molecule has 0 N–H and O–H groups in total. The Morgan fingerprint density at radius 3 is 1.68 bits per heavy atom. The predicted molar refractivity (Wildman–Crippen MR) is 183 cm³/mol. The molecular weight excluding hydrogens is 496 g/mol. The van der Waals surface area contributed by atoms with Gasteiger partial charge in [-0.15, -0.1) is 0 Å². The number of rotatable bonds is 3. The molecule has 0 amide bonds. The molecule has 0 fully saturated rings. The molecule has 2 heteroatoms. The SMILES string of the molecule is CC.CC.Cc1cccc(C)c1C1=CN(C)C2c3c(C)cccc3-c3cc(CC(C)(C)C)c(CC(C)(C)C)cc3N12. The van der Waals surface area contributed by atoms with Crippen molar-refractivity contribution in [1.29, 1.82) is 0 Å². The van der Waals surface area contributed by atoms with Crippen molar-refractivity contribution in [3.05, 3.63) is 93.7 Å². The molecular formula is C39H56N2. The number of hydrogen-bond acceptors (Lipinski definition) is 2. The van der Waals surface area contributed by atoms with Gasteiger partial charge in [-0.25, -0.2) is 0 Å². The largest absolute Gasteiger partial charge is 0.354 e.